The van der Waals surface area contributed by atoms with E-state index < -0.39 is 17.9 Å². The molecular weight excluding hydrogens is 356 g/mol. The van der Waals surface area contributed by atoms with Crippen molar-refractivity contribution in [3.05, 3.63) is 65.7 Å². The molecule has 2 aromatic rings. The largest absolute Gasteiger partial charge is 0.455 e. The molecule has 2 amide bonds. The van der Waals surface area contributed by atoms with Gasteiger partial charge in [-0.2, -0.15) is 0 Å². The molecule has 0 bridgehead atoms. The Kier molecular flexibility index (Phi) is 7.75. The van der Waals surface area contributed by atoms with Crippen LogP contribution < -0.4 is 10.6 Å². The first-order chi connectivity index (χ1) is 13.4. The maximum atomic E-state index is 12.2. The Bertz CT molecular complexity index is 818. The number of ether oxygens (including phenoxy) is 1. The zero-order chi connectivity index (χ0) is 20.5. The highest BCUT2D eigenvalue weighted by Crippen LogP contribution is 2.23. The van der Waals surface area contributed by atoms with Gasteiger partial charge in [-0.3, -0.25) is 14.4 Å². The second-order valence-electron chi connectivity index (χ2n) is 6.82. The first-order valence-electron chi connectivity index (χ1n) is 9.23. The average molecular weight is 382 g/mol. The first kappa shape index (κ1) is 21.2. The van der Waals surface area contributed by atoms with Crippen LogP contribution >= 0.6 is 0 Å². The van der Waals surface area contributed by atoms with E-state index >= 15 is 0 Å². The van der Waals surface area contributed by atoms with E-state index in [0.717, 1.165) is 11.1 Å². The number of esters is 1. The topological polar surface area (TPSA) is 84.5 Å². The molecule has 1 atom stereocenters. The summed E-state index contributed by atoms with van der Waals surface area (Å²) in [4.78, 5) is 35.8. The molecule has 0 heterocycles. The second-order valence-corrected chi connectivity index (χ2v) is 6.82. The summed E-state index contributed by atoms with van der Waals surface area (Å²) in [6, 6.07) is 16.2. The van der Waals surface area contributed by atoms with Crippen molar-refractivity contribution in [2.75, 3.05) is 11.9 Å². The minimum atomic E-state index is -0.560. The minimum absolute atomic E-state index is 0.0561. The molecule has 0 aromatic heterocycles. The third kappa shape index (κ3) is 6.54. The van der Waals surface area contributed by atoms with Crippen LogP contribution in [0.1, 0.15) is 50.3 Å². The van der Waals surface area contributed by atoms with Gasteiger partial charge in [0.2, 0.25) is 5.91 Å². The molecule has 2 aromatic carbocycles. The monoisotopic (exact) mass is 382 g/mol. The Hall–Kier alpha value is -3.15. The Labute approximate surface area is 165 Å². The summed E-state index contributed by atoms with van der Waals surface area (Å²) in [5, 5.41) is 5.51. The van der Waals surface area contributed by atoms with Crippen molar-refractivity contribution in [1.82, 2.24) is 5.32 Å². The van der Waals surface area contributed by atoms with Gasteiger partial charge in [-0.1, -0.05) is 62.4 Å². The van der Waals surface area contributed by atoms with Crippen LogP contribution in [0, 0.1) is 0 Å². The Morgan fingerprint density at radius 2 is 1.61 bits per heavy atom. The molecule has 2 rings (SSSR count). The van der Waals surface area contributed by atoms with Crippen molar-refractivity contribution >= 4 is 23.5 Å². The zero-order valence-electron chi connectivity index (χ0n) is 16.4. The molecule has 0 aliphatic rings. The van der Waals surface area contributed by atoms with E-state index in [2.05, 4.69) is 10.6 Å². The number of carbonyl (C=O) groups is 3. The van der Waals surface area contributed by atoms with E-state index in [9.17, 15) is 14.4 Å². The van der Waals surface area contributed by atoms with Gasteiger partial charge in [0.25, 0.3) is 5.91 Å². The fourth-order valence-corrected chi connectivity index (χ4v) is 2.86. The summed E-state index contributed by atoms with van der Waals surface area (Å²) >= 11 is 0. The van der Waals surface area contributed by atoms with Crippen LogP contribution in [0.2, 0.25) is 0 Å². The van der Waals surface area contributed by atoms with E-state index in [1.165, 1.54) is 6.92 Å². The van der Waals surface area contributed by atoms with Crippen molar-refractivity contribution in [3.63, 3.8) is 0 Å². The van der Waals surface area contributed by atoms with Crippen LogP contribution in [0.5, 0.6) is 0 Å². The predicted molar refractivity (Wildman–Crippen MR) is 108 cm³/mol. The highest BCUT2D eigenvalue weighted by molar-refractivity contribution is 5.93. The quantitative estimate of drug-likeness (QED) is 0.684. The van der Waals surface area contributed by atoms with Gasteiger partial charge in [0.1, 0.15) is 0 Å². The summed E-state index contributed by atoms with van der Waals surface area (Å²) < 4.78 is 5.11. The SMILES string of the molecule is CC(=O)N[C@@H](CC(=O)OCC(=O)Nc1ccccc1C(C)C)c1ccccc1. The van der Waals surface area contributed by atoms with Crippen molar-refractivity contribution in [2.24, 2.45) is 0 Å². The lowest BCUT2D eigenvalue weighted by atomic mass is 10.0. The number of anilines is 1. The van der Waals surface area contributed by atoms with E-state index in [1.54, 1.807) is 0 Å². The Morgan fingerprint density at radius 1 is 0.964 bits per heavy atom. The first-order valence-corrected chi connectivity index (χ1v) is 9.23. The summed E-state index contributed by atoms with van der Waals surface area (Å²) in [6.45, 7) is 5.08. The fourth-order valence-electron chi connectivity index (χ4n) is 2.86. The number of nitrogens with one attached hydrogen (secondary N) is 2. The number of carbonyl (C=O) groups excluding carboxylic acids is 3. The van der Waals surface area contributed by atoms with Crippen LogP contribution in [-0.2, 0) is 19.1 Å². The van der Waals surface area contributed by atoms with Crippen molar-refractivity contribution in [1.29, 1.82) is 0 Å². The summed E-state index contributed by atoms with van der Waals surface area (Å²) in [5.41, 5.74) is 2.51. The molecule has 0 unspecified atom stereocenters. The number of rotatable bonds is 8. The van der Waals surface area contributed by atoms with E-state index in [1.807, 2.05) is 68.4 Å². The minimum Gasteiger partial charge on any atom is -0.455 e. The van der Waals surface area contributed by atoms with Crippen molar-refractivity contribution < 1.29 is 19.1 Å². The molecule has 148 valence electrons. The normalized spacial score (nSPS) is 11.6. The maximum absolute atomic E-state index is 12.2. The Morgan fingerprint density at radius 3 is 2.25 bits per heavy atom. The van der Waals surface area contributed by atoms with Crippen LogP contribution in [0.25, 0.3) is 0 Å². The molecule has 0 spiro atoms. The molecule has 0 aliphatic carbocycles. The van der Waals surface area contributed by atoms with Crippen LogP contribution in [0.3, 0.4) is 0 Å². The predicted octanol–water partition coefficient (Wildman–Crippen LogP) is 3.56. The van der Waals surface area contributed by atoms with Gasteiger partial charge in [-0.05, 0) is 23.1 Å². The van der Waals surface area contributed by atoms with Gasteiger partial charge < -0.3 is 15.4 Å². The van der Waals surface area contributed by atoms with Gasteiger partial charge in [-0.15, -0.1) is 0 Å². The second kappa shape index (κ2) is 10.3. The van der Waals surface area contributed by atoms with Crippen molar-refractivity contribution in [2.45, 2.75) is 39.2 Å². The molecular formula is C22H26N2O4. The zero-order valence-corrected chi connectivity index (χ0v) is 16.4. The molecule has 0 radical (unpaired) electrons. The Balaban J connectivity index is 1.92. The van der Waals surface area contributed by atoms with Gasteiger partial charge in [0, 0.05) is 12.6 Å². The molecule has 0 saturated heterocycles. The smallest absolute Gasteiger partial charge is 0.308 e. The standard InChI is InChI=1S/C22H26N2O4/c1-15(2)18-11-7-8-12-19(18)24-21(26)14-28-22(27)13-20(23-16(3)25)17-9-5-4-6-10-17/h4-12,15,20H,13-14H2,1-3H3,(H,23,25)(H,24,26)/t20-/m0/s1. The van der Waals surface area contributed by atoms with Crippen LogP contribution in [0.15, 0.2) is 54.6 Å². The van der Waals surface area contributed by atoms with E-state index in [0.29, 0.717) is 5.69 Å². The van der Waals surface area contributed by atoms with Gasteiger partial charge in [0.15, 0.2) is 6.61 Å². The number of hydrogen-bond donors (Lipinski definition) is 2. The molecule has 0 fully saturated rings. The molecule has 2 N–H and O–H groups in total. The molecule has 6 nitrogen and oxygen atoms in total. The molecule has 6 heteroatoms. The number of hydrogen-bond acceptors (Lipinski definition) is 4. The van der Waals surface area contributed by atoms with Gasteiger partial charge in [0.05, 0.1) is 12.5 Å². The van der Waals surface area contributed by atoms with E-state index in [-0.39, 0.29) is 24.9 Å². The number of amides is 2. The average Bonchev–Trinajstić information content (AvgIpc) is 2.66. The summed E-state index contributed by atoms with van der Waals surface area (Å²) in [6.07, 6.45) is -0.0561. The third-order valence-electron chi connectivity index (χ3n) is 4.17. The van der Waals surface area contributed by atoms with E-state index in [4.69, 9.17) is 4.74 Å². The van der Waals surface area contributed by atoms with Gasteiger partial charge >= 0.3 is 5.97 Å². The summed E-state index contributed by atoms with van der Waals surface area (Å²) in [5.74, 6) is -0.958. The lowest BCUT2D eigenvalue weighted by Gasteiger charge is -2.18. The lowest BCUT2D eigenvalue weighted by molar-refractivity contribution is -0.148. The lowest BCUT2D eigenvalue weighted by Crippen LogP contribution is -2.29. The highest BCUT2D eigenvalue weighted by atomic mass is 16.5. The third-order valence-corrected chi connectivity index (χ3v) is 4.17. The fraction of sp³-hybridized carbons (Fsp3) is 0.318. The number of benzene rings is 2. The van der Waals surface area contributed by atoms with Gasteiger partial charge in [-0.25, -0.2) is 0 Å². The molecule has 0 aliphatic heterocycles. The number of para-hydroxylation sites is 1. The summed E-state index contributed by atoms with van der Waals surface area (Å²) in [7, 11) is 0. The van der Waals surface area contributed by atoms with Crippen LogP contribution in [-0.4, -0.2) is 24.4 Å². The van der Waals surface area contributed by atoms with Crippen molar-refractivity contribution in [3.8, 4) is 0 Å². The van der Waals surface area contributed by atoms with Crippen LogP contribution in [0.4, 0.5) is 5.69 Å². The maximum Gasteiger partial charge on any atom is 0.308 e. The molecule has 0 saturated carbocycles. The highest BCUT2D eigenvalue weighted by Gasteiger charge is 2.19. The molecule has 28 heavy (non-hydrogen) atoms.